The Labute approximate surface area is 234 Å². The van der Waals surface area contributed by atoms with E-state index < -0.39 is 41.0 Å². The van der Waals surface area contributed by atoms with Gasteiger partial charge in [0.15, 0.2) is 0 Å². The van der Waals surface area contributed by atoms with E-state index in [2.05, 4.69) is 20.9 Å². The van der Waals surface area contributed by atoms with Crippen LogP contribution in [0.3, 0.4) is 0 Å². The molecule has 1 saturated carbocycles. The number of anilines is 2. The van der Waals surface area contributed by atoms with E-state index in [1.165, 1.54) is 42.5 Å². The van der Waals surface area contributed by atoms with Gasteiger partial charge in [0.1, 0.15) is 16.9 Å². The first kappa shape index (κ1) is 31.1. The molecule has 1 aliphatic carbocycles. The van der Waals surface area contributed by atoms with Crippen molar-refractivity contribution in [3.8, 4) is 0 Å². The molecule has 0 aliphatic heterocycles. The zero-order chi connectivity index (χ0) is 29.5. The number of rotatable bonds is 10. The SMILES string of the molecule is CC.NCC(CCCNC(=O)C1(C(=O)Nc2ccc(F)cc2)CC1)Nc1cc(C(F)(F)F)nc2ccc(Cl)cc12. The molecule has 4 rings (SSSR count). The second-order valence-electron chi connectivity index (χ2n) is 9.23. The minimum atomic E-state index is -4.63. The molecule has 1 atom stereocenters. The number of pyridine rings is 1. The van der Waals surface area contributed by atoms with Crippen LogP contribution in [0.15, 0.2) is 48.5 Å². The highest BCUT2D eigenvalue weighted by Crippen LogP contribution is 2.47. The van der Waals surface area contributed by atoms with Crippen molar-refractivity contribution in [2.24, 2.45) is 11.1 Å². The molecule has 40 heavy (non-hydrogen) atoms. The molecule has 5 N–H and O–H groups in total. The summed E-state index contributed by atoms with van der Waals surface area (Å²) >= 11 is 6.05. The molecule has 0 spiro atoms. The third kappa shape index (κ3) is 7.60. The van der Waals surface area contributed by atoms with Crippen LogP contribution in [0.2, 0.25) is 5.02 Å². The molecule has 2 amide bonds. The van der Waals surface area contributed by atoms with Crippen molar-refractivity contribution >= 4 is 45.7 Å². The number of halogens is 5. The number of benzene rings is 2. The molecule has 2 aromatic carbocycles. The van der Waals surface area contributed by atoms with Gasteiger partial charge in [0, 0.05) is 40.9 Å². The topological polar surface area (TPSA) is 109 Å². The highest BCUT2D eigenvalue weighted by atomic mass is 35.5. The maximum absolute atomic E-state index is 13.4. The average molecular weight is 582 g/mol. The molecule has 216 valence electrons. The van der Waals surface area contributed by atoms with Gasteiger partial charge in [-0.05, 0) is 74.2 Å². The fourth-order valence-corrected chi connectivity index (χ4v) is 4.29. The predicted octanol–water partition coefficient (Wildman–Crippen LogP) is 6.13. The number of carbonyl (C=O) groups excluding carboxylic acids is 2. The predicted molar refractivity (Wildman–Crippen MR) is 149 cm³/mol. The fraction of sp³-hybridized carbons (Fsp3) is 0.393. The first-order chi connectivity index (χ1) is 19.0. The summed E-state index contributed by atoms with van der Waals surface area (Å²) in [5, 5.41) is 9.26. The van der Waals surface area contributed by atoms with E-state index in [0.29, 0.717) is 41.8 Å². The summed E-state index contributed by atoms with van der Waals surface area (Å²) in [4.78, 5) is 29.1. The Morgan fingerprint density at radius 2 is 1.75 bits per heavy atom. The van der Waals surface area contributed by atoms with Crippen LogP contribution in [0.5, 0.6) is 0 Å². The number of fused-ring (bicyclic) bond motifs is 1. The summed E-state index contributed by atoms with van der Waals surface area (Å²) in [6.45, 7) is 4.38. The fourth-order valence-electron chi connectivity index (χ4n) is 4.12. The van der Waals surface area contributed by atoms with Gasteiger partial charge in [-0.15, -0.1) is 0 Å². The van der Waals surface area contributed by atoms with Crippen molar-refractivity contribution in [1.29, 1.82) is 0 Å². The maximum atomic E-state index is 13.4. The van der Waals surface area contributed by atoms with Gasteiger partial charge in [-0.3, -0.25) is 9.59 Å². The zero-order valence-electron chi connectivity index (χ0n) is 22.2. The molecule has 7 nitrogen and oxygen atoms in total. The van der Waals surface area contributed by atoms with Crippen LogP contribution in [-0.2, 0) is 15.8 Å². The highest BCUT2D eigenvalue weighted by Gasteiger charge is 2.56. The zero-order valence-corrected chi connectivity index (χ0v) is 22.9. The normalized spacial score (nSPS) is 14.5. The minimum absolute atomic E-state index is 0.129. The summed E-state index contributed by atoms with van der Waals surface area (Å²) in [5.41, 5.74) is 4.42. The number of hydrogen-bond acceptors (Lipinski definition) is 5. The lowest BCUT2D eigenvalue weighted by Crippen LogP contribution is -2.40. The molecule has 0 saturated heterocycles. The summed E-state index contributed by atoms with van der Waals surface area (Å²) in [6.07, 6.45) is -2.92. The maximum Gasteiger partial charge on any atom is 0.433 e. The Hall–Kier alpha value is -3.44. The summed E-state index contributed by atoms with van der Waals surface area (Å²) < 4.78 is 53.3. The number of amides is 2. The van der Waals surface area contributed by atoms with Crippen molar-refractivity contribution < 1.29 is 27.2 Å². The van der Waals surface area contributed by atoms with E-state index in [9.17, 15) is 27.2 Å². The lowest BCUT2D eigenvalue weighted by atomic mass is 10.0. The average Bonchev–Trinajstić information content (AvgIpc) is 3.74. The van der Waals surface area contributed by atoms with Crippen LogP contribution in [-0.4, -0.2) is 35.9 Å². The molecule has 3 aromatic rings. The van der Waals surface area contributed by atoms with Crippen molar-refractivity contribution in [1.82, 2.24) is 10.3 Å². The van der Waals surface area contributed by atoms with Gasteiger partial charge in [0.2, 0.25) is 11.8 Å². The van der Waals surface area contributed by atoms with E-state index in [1.54, 1.807) is 0 Å². The molecule has 1 aromatic heterocycles. The third-order valence-electron chi connectivity index (χ3n) is 6.44. The molecule has 12 heteroatoms. The van der Waals surface area contributed by atoms with Gasteiger partial charge in [-0.25, -0.2) is 9.37 Å². The molecule has 0 bridgehead atoms. The molecule has 1 heterocycles. The third-order valence-corrected chi connectivity index (χ3v) is 6.68. The Morgan fingerprint density at radius 3 is 2.35 bits per heavy atom. The van der Waals surface area contributed by atoms with Crippen molar-refractivity contribution in [3.05, 3.63) is 65.1 Å². The van der Waals surface area contributed by atoms with Crippen molar-refractivity contribution in [2.45, 2.75) is 51.7 Å². The van der Waals surface area contributed by atoms with Crippen LogP contribution in [0.4, 0.5) is 28.9 Å². The molecular formula is C28H32ClF4N5O2. The lowest BCUT2D eigenvalue weighted by molar-refractivity contribution is -0.141. The van der Waals surface area contributed by atoms with Gasteiger partial charge < -0.3 is 21.7 Å². The van der Waals surface area contributed by atoms with Gasteiger partial charge >= 0.3 is 6.18 Å². The van der Waals surface area contributed by atoms with Crippen LogP contribution in [0.1, 0.15) is 45.2 Å². The van der Waals surface area contributed by atoms with Crippen LogP contribution in [0, 0.1) is 11.2 Å². The van der Waals surface area contributed by atoms with Crippen LogP contribution < -0.4 is 21.7 Å². The van der Waals surface area contributed by atoms with Crippen molar-refractivity contribution in [3.63, 3.8) is 0 Å². The van der Waals surface area contributed by atoms with Gasteiger partial charge in [-0.1, -0.05) is 25.4 Å². The number of nitrogens with two attached hydrogens (primary N) is 1. The molecule has 1 fully saturated rings. The number of nitrogens with zero attached hydrogens (tertiary/aromatic N) is 1. The van der Waals surface area contributed by atoms with Gasteiger partial charge in [-0.2, -0.15) is 13.2 Å². The first-order valence-corrected chi connectivity index (χ1v) is 13.4. The van der Waals surface area contributed by atoms with Crippen molar-refractivity contribution in [2.75, 3.05) is 23.7 Å². The standard InChI is InChI=1S/C26H26ClF4N5O2.C2H6/c27-15-3-8-20-19(12-15)21(13-22(36-20)26(29,30)31)34-18(14-32)2-1-11-33-23(37)25(9-10-25)24(38)35-17-6-4-16(28)5-7-17;1-2/h3-8,12-13,18H,1-2,9-11,14,32H2,(H,33,37)(H,34,36)(H,35,38);1-2H3. The number of carbonyl (C=O) groups is 2. The summed E-state index contributed by atoms with van der Waals surface area (Å²) in [7, 11) is 0. The number of hydrogen-bond donors (Lipinski definition) is 4. The second kappa shape index (κ2) is 13.3. The highest BCUT2D eigenvalue weighted by molar-refractivity contribution is 6.31. The van der Waals surface area contributed by atoms with E-state index >= 15 is 0 Å². The lowest BCUT2D eigenvalue weighted by Gasteiger charge is -2.21. The van der Waals surface area contributed by atoms with E-state index in [1.807, 2.05) is 13.8 Å². The Morgan fingerprint density at radius 1 is 1.07 bits per heavy atom. The summed E-state index contributed by atoms with van der Waals surface area (Å²) in [5.74, 6) is -1.29. The monoisotopic (exact) mass is 581 g/mol. The van der Waals surface area contributed by atoms with E-state index in [4.69, 9.17) is 17.3 Å². The quantitative estimate of drug-likeness (QED) is 0.131. The van der Waals surface area contributed by atoms with Gasteiger partial charge in [0.25, 0.3) is 0 Å². The Bertz CT molecular complexity index is 1330. The van der Waals surface area contributed by atoms with Crippen LogP contribution in [0.25, 0.3) is 10.9 Å². The molecular weight excluding hydrogens is 550 g/mol. The number of nitrogens with one attached hydrogen (secondary N) is 3. The largest absolute Gasteiger partial charge is 0.433 e. The summed E-state index contributed by atoms with van der Waals surface area (Å²) in [6, 6.07) is 10.2. The van der Waals surface area contributed by atoms with E-state index in [0.717, 1.165) is 6.07 Å². The van der Waals surface area contributed by atoms with Gasteiger partial charge in [0.05, 0.1) is 5.52 Å². The Kier molecular flexibility index (Phi) is 10.3. The number of alkyl halides is 3. The minimum Gasteiger partial charge on any atom is -0.380 e. The smallest absolute Gasteiger partial charge is 0.380 e. The van der Waals surface area contributed by atoms with E-state index in [-0.39, 0.29) is 24.3 Å². The second-order valence-corrected chi connectivity index (χ2v) is 9.67. The first-order valence-electron chi connectivity index (χ1n) is 13.0. The molecule has 1 unspecified atom stereocenters. The molecule has 0 radical (unpaired) electrons. The van der Waals surface area contributed by atoms with Crippen LogP contribution >= 0.6 is 11.6 Å². The Balaban J connectivity index is 0.00000216. The molecule has 1 aliphatic rings. The number of aromatic nitrogens is 1.